The van der Waals surface area contributed by atoms with Gasteiger partial charge in [-0.1, -0.05) is 6.07 Å². The van der Waals surface area contributed by atoms with Crippen molar-refractivity contribution >= 4 is 17.5 Å². The first-order valence-electron chi connectivity index (χ1n) is 9.36. The lowest BCUT2D eigenvalue weighted by Gasteiger charge is -2.35. The summed E-state index contributed by atoms with van der Waals surface area (Å²) in [6.07, 6.45) is 2.22. The highest BCUT2D eigenvalue weighted by Gasteiger charge is 2.34. The van der Waals surface area contributed by atoms with Crippen molar-refractivity contribution in [2.24, 2.45) is 0 Å². The van der Waals surface area contributed by atoms with Crippen molar-refractivity contribution in [1.82, 2.24) is 19.2 Å². The van der Waals surface area contributed by atoms with Gasteiger partial charge >= 0.3 is 0 Å². The number of fused-ring (bicyclic) bond motifs is 1. The number of aromatic nitrogens is 2. The van der Waals surface area contributed by atoms with E-state index in [0.29, 0.717) is 24.5 Å². The van der Waals surface area contributed by atoms with Crippen molar-refractivity contribution in [3.8, 4) is 0 Å². The van der Waals surface area contributed by atoms with Gasteiger partial charge in [0.2, 0.25) is 11.9 Å². The van der Waals surface area contributed by atoms with Gasteiger partial charge in [-0.15, -0.1) is 0 Å². The van der Waals surface area contributed by atoms with E-state index in [2.05, 4.69) is 4.98 Å². The minimum absolute atomic E-state index is 0.0205. The van der Waals surface area contributed by atoms with E-state index in [1.54, 1.807) is 25.1 Å². The van der Waals surface area contributed by atoms with Crippen LogP contribution >= 0.6 is 0 Å². The van der Waals surface area contributed by atoms with E-state index in [1.807, 2.05) is 4.90 Å². The van der Waals surface area contributed by atoms with Gasteiger partial charge in [0.1, 0.15) is 5.65 Å². The Morgan fingerprint density at radius 1 is 1.26 bits per heavy atom. The van der Waals surface area contributed by atoms with E-state index in [-0.39, 0.29) is 24.6 Å². The maximum atomic E-state index is 14.9. The molecule has 4 heterocycles. The summed E-state index contributed by atoms with van der Waals surface area (Å²) < 4.78 is 21.7. The molecule has 2 fully saturated rings. The number of pyridine rings is 1. The molecule has 2 aliphatic heterocycles. The number of aryl methyl sites for hydroxylation is 1. The fourth-order valence-electron chi connectivity index (χ4n) is 3.87. The Morgan fingerprint density at radius 2 is 2.04 bits per heavy atom. The third kappa shape index (κ3) is 3.29. The largest absolute Gasteiger partial charge is 0.377 e. The van der Waals surface area contributed by atoms with Crippen molar-refractivity contribution in [2.45, 2.75) is 32.2 Å². The fourth-order valence-corrected chi connectivity index (χ4v) is 3.87. The van der Waals surface area contributed by atoms with Gasteiger partial charge in [-0.05, 0) is 31.9 Å². The number of morpholine rings is 1. The molecule has 4 rings (SSSR count). The van der Waals surface area contributed by atoms with Gasteiger partial charge in [0, 0.05) is 31.7 Å². The fraction of sp³-hybridized carbons (Fsp3) is 0.526. The summed E-state index contributed by atoms with van der Waals surface area (Å²) in [7, 11) is 0. The van der Waals surface area contributed by atoms with Gasteiger partial charge in [0.05, 0.1) is 19.3 Å². The maximum Gasteiger partial charge on any atom is 0.277 e. The number of halogens is 1. The second kappa shape index (κ2) is 7.26. The molecule has 2 amide bonds. The lowest BCUT2D eigenvalue weighted by Crippen LogP contribution is -2.51. The van der Waals surface area contributed by atoms with Crippen LogP contribution in [0.15, 0.2) is 18.2 Å². The van der Waals surface area contributed by atoms with Crippen LogP contribution in [-0.4, -0.2) is 69.9 Å². The molecule has 0 N–H and O–H groups in total. The molecular formula is C19H23FN4O3. The molecule has 2 aromatic heterocycles. The van der Waals surface area contributed by atoms with Gasteiger partial charge in [0.25, 0.3) is 5.91 Å². The zero-order chi connectivity index (χ0) is 19.0. The maximum absolute atomic E-state index is 14.9. The highest BCUT2D eigenvalue weighted by Crippen LogP contribution is 2.20. The molecule has 27 heavy (non-hydrogen) atoms. The number of nitrogens with zero attached hydrogens (tertiary/aromatic N) is 4. The molecule has 7 nitrogen and oxygen atoms in total. The number of imidazole rings is 1. The first-order chi connectivity index (χ1) is 13.1. The average Bonchev–Trinajstić information content (AvgIpc) is 3.31. The summed E-state index contributed by atoms with van der Waals surface area (Å²) in [5.41, 5.74) is 0.859. The van der Waals surface area contributed by atoms with Crippen LogP contribution in [0.25, 0.3) is 5.65 Å². The Hall–Kier alpha value is -2.48. The van der Waals surface area contributed by atoms with Crippen LogP contribution in [-0.2, 0) is 9.53 Å². The Bertz CT molecular complexity index is 875. The molecule has 0 spiro atoms. The number of hydrogen-bond acceptors (Lipinski definition) is 4. The predicted octanol–water partition coefficient (Wildman–Crippen LogP) is 1.64. The number of carbonyl (C=O) groups is 2. The predicted molar refractivity (Wildman–Crippen MR) is 96.0 cm³/mol. The Kier molecular flexibility index (Phi) is 4.82. The Labute approximate surface area is 156 Å². The topological polar surface area (TPSA) is 67.2 Å². The van der Waals surface area contributed by atoms with E-state index in [4.69, 9.17) is 4.74 Å². The number of ether oxygens (including phenoxy) is 1. The standard InChI is InChI=1S/C19H23FN4O3/c1-13-5-4-6-15-21-17(18(20)24(13)15)19(26)23-9-10-27-12-14(23)11-16(25)22-7-2-3-8-22/h4-6,14H,2-3,7-12H2,1H3/t14-/m1/s1. The van der Waals surface area contributed by atoms with Gasteiger partial charge in [-0.2, -0.15) is 4.39 Å². The molecule has 0 radical (unpaired) electrons. The molecule has 144 valence electrons. The van der Waals surface area contributed by atoms with Crippen molar-refractivity contribution in [3.63, 3.8) is 0 Å². The summed E-state index contributed by atoms with van der Waals surface area (Å²) in [4.78, 5) is 33.1. The highest BCUT2D eigenvalue weighted by atomic mass is 19.1. The van der Waals surface area contributed by atoms with Crippen LogP contribution in [0.2, 0.25) is 0 Å². The van der Waals surface area contributed by atoms with Crippen molar-refractivity contribution < 1.29 is 18.7 Å². The molecule has 2 saturated heterocycles. The zero-order valence-electron chi connectivity index (χ0n) is 15.4. The molecule has 8 heteroatoms. The third-order valence-electron chi connectivity index (χ3n) is 5.34. The van der Waals surface area contributed by atoms with E-state index in [0.717, 1.165) is 25.9 Å². The van der Waals surface area contributed by atoms with E-state index in [9.17, 15) is 14.0 Å². The molecule has 0 aromatic carbocycles. The lowest BCUT2D eigenvalue weighted by molar-refractivity contribution is -0.132. The number of likely N-dealkylation sites (tertiary alicyclic amines) is 1. The van der Waals surface area contributed by atoms with Gasteiger partial charge in [-0.25, -0.2) is 4.98 Å². The van der Waals surface area contributed by atoms with Crippen molar-refractivity contribution in [3.05, 3.63) is 35.5 Å². The number of rotatable bonds is 3. The SMILES string of the molecule is Cc1cccc2nc(C(=O)N3CCOC[C@H]3CC(=O)N3CCCC3)c(F)n12. The summed E-state index contributed by atoms with van der Waals surface area (Å²) in [6.45, 7) is 4.26. The average molecular weight is 374 g/mol. The van der Waals surface area contributed by atoms with E-state index >= 15 is 0 Å². The van der Waals surface area contributed by atoms with Crippen LogP contribution in [0.1, 0.15) is 35.4 Å². The molecule has 2 aromatic rings. The van der Waals surface area contributed by atoms with Crippen LogP contribution in [0.5, 0.6) is 0 Å². The van der Waals surface area contributed by atoms with Crippen molar-refractivity contribution in [1.29, 1.82) is 0 Å². The lowest BCUT2D eigenvalue weighted by atomic mass is 10.1. The van der Waals surface area contributed by atoms with Gasteiger partial charge < -0.3 is 14.5 Å². The molecule has 0 bridgehead atoms. The summed E-state index contributed by atoms with van der Waals surface area (Å²) in [6, 6.07) is 4.81. The minimum atomic E-state index is -0.663. The molecular weight excluding hydrogens is 351 g/mol. The molecule has 0 unspecified atom stereocenters. The van der Waals surface area contributed by atoms with Crippen LogP contribution < -0.4 is 0 Å². The minimum Gasteiger partial charge on any atom is -0.377 e. The normalized spacial score (nSPS) is 20.4. The van der Waals surface area contributed by atoms with E-state index in [1.165, 1.54) is 9.30 Å². The second-order valence-corrected chi connectivity index (χ2v) is 7.13. The highest BCUT2D eigenvalue weighted by molar-refractivity contribution is 5.94. The van der Waals surface area contributed by atoms with Crippen LogP contribution in [0, 0.1) is 12.9 Å². The quantitative estimate of drug-likeness (QED) is 0.819. The first-order valence-corrected chi connectivity index (χ1v) is 9.36. The third-order valence-corrected chi connectivity index (χ3v) is 5.34. The molecule has 0 saturated carbocycles. The van der Waals surface area contributed by atoms with Gasteiger partial charge in [-0.3, -0.25) is 14.0 Å². The number of amides is 2. The first kappa shape index (κ1) is 17.9. The Morgan fingerprint density at radius 3 is 2.78 bits per heavy atom. The molecule has 1 atom stereocenters. The number of hydrogen-bond donors (Lipinski definition) is 0. The van der Waals surface area contributed by atoms with Crippen LogP contribution in [0.4, 0.5) is 4.39 Å². The summed E-state index contributed by atoms with van der Waals surface area (Å²) in [5, 5.41) is 0. The van der Waals surface area contributed by atoms with E-state index < -0.39 is 17.9 Å². The van der Waals surface area contributed by atoms with Gasteiger partial charge in [0.15, 0.2) is 5.69 Å². The zero-order valence-corrected chi connectivity index (χ0v) is 15.4. The van der Waals surface area contributed by atoms with Crippen molar-refractivity contribution in [2.75, 3.05) is 32.8 Å². The van der Waals surface area contributed by atoms with Crippen LogP contribution in [0.3, 0.4) is 0 Å². The smallest absolute Gasteiger partial charge is 0.277 e. The molecule has 2 aliphatic rings. The summed E-state index contributed by atoms with van der Waals surface area (Å²) >= 11 is 0. The summed E-state index contributed by atoms with van der Waals surface area (Å²) in [5.74, 6) is -1.13. The number of carbonyl (C=O) groups excluding carboxylic acids is 2. The monoisotopic (exact) mass is 374 g/mol. The second-order valence-electron chi connectivity index (χ2n) is 7.13. The molecule has 0 aliphatic carbocycles. The Balaban J connectivity index is 1.58.